The van der Waals surface area contributed by atoms with Gasteiger partial charge in [-0.25, -0.2) is 9.97 Å². The molecule has 0 saturated heterocycles. The average molecular weight is 333 g/mol. The van der Waals surface area contributed by atoms with Gasteiger partial charge in [-0.15, -0.1) is 0 Å². The molecule has 1 heterocycles. The second kappa shape index (κ2) is 6.74. The van der Waals surface area contributed by atoms with Gasteiger partial charge in [-0.1, -0.05) is 40.9 Å². The molecule has 20 heavy (non-hydrogen) atoms. The first-order valence-electron chi connectivity index (χ1n) is 5.40. The van der Waals surface area contributed by atoms with Gasteiger partial charge in [0.1, 0.15) is 17.8 Å². The molecule has 0 fully saturated rings. The molecule has 0 unspecified atom stereocenters. The Balaban J connectivity index is 1.96. The molecule has 0 aliphatic heterocycles. The van der Waals surface area contributed by atoms with Crippen molar-refractivity contribution in [3.8, 4) is 5.75 Å². The van der Waals surface area contributed by atoms with Crippen molar-refractivity contribution < 1.29 is 9.53 Å². The van der Waals surface area contributed by atoms with Gasteiger partial charge in [-0.2, -0.15) is 0 Å². The number of halogens is 3. The fraction of sp³-hybridized carbons (Fsp3) is 0.0833. The maximum Gasteiger partial charge on any atom is 0.262 e. The summed E-state index contributed by atoms with van der Waals surface area (Å²) in [6.45, 7) is -0.220. The molecule has 2 aromatic rings. The van der Waals surface area contributed by atoms with Crippen LogP contribution in [0.1, 0.15) is 0 Å². The minimum Gasteiger partial charge on any atom is -0.484 e. The number of nitrogens with one attached hydrogen (secondary N) is 1. The quantitative estimate of drug-likeness (QED) is 0.871. The van der Waals surface area contributed by atoms with Crippen molar-refractivity contribution in [3.63, 3.8) is 0 Å². The Morgan fingerprint density at radius 1 is 1.20 bits per heavy atom. The number of benzene rings is 1. The lowest BCUT2D eigenvalue weighted by molar-refractivity contribution is -0.118. The molecule has 5 nitrogen and oxygen atoms in total. The summed E-state index contributed by atoms with van der Waals surface area (Å²) in [7, 11) is 0. The van der Waals surface area contributed by atoms with Crippen molar-refractivity contribution in [3.05, 3.63) is 45.9 Å². The van der Waals surface area contributed by atoms with E-state index in [1.807, 2.05) is 0 Å². The van der Waals surface area contributed by atoms with Crippen LogP contribution in [0.25, 0.3) is 0 Å². The Kier molecular flexibility index (Phi) is 5.00. The highest BCUT2D eigenvalue weighted by Gasteiger charge is 2.12. The van der Waals surface area contributed by atoms with Crippen LogP contribution in [0.15, 0.2) is 30.6 Å². The van der Waals surface area contributed by atoms with Crippen LogP contribution in [0.4, 0.5) is 5.69 Å². The summed E-state index contributed by atoms with van der Waals surface area (Å²) >= 11 is 17.4. The van der Waals surface area contributed by atoms with Crippen molar-refractivity contribution in [2.45, 2.75) is 0 Å². The predicted molar refractivity (Wildman–Crippen MR) is 77.6 cm³/mol. The Labute approximate surface area is 129 Å². The molecule has 1 amide bonds. The van der Waals surface area contributed by atoms with E-state index in [1.165, 1.54) is 6.33 Å². The van der Waals surface area contributed by atoms with Crippen LogP contribution in [-0.4, -0.2) is 22.5 Å². The average Bonchev–Trinajstić information content (AvgIpc) is 2.41. The number of ether oxygens (including phenoxy) is 1. The zero-order valence-corrected chi connectivity index (χ0v) is 12.2. The van der Waals surface area contributed by atoms with Crippen LogP contribution >= 0.6 is 34.8 Å². The van der Waals surface area contributed by atoms with Gasteiger partial charge in [-0.3, -0.25) is 4.79 Å². The maximum atomic E-state index is 11.7. The Morgan fingerprint density at radius 2 is 1.90 bits per heavy atom. The van der Waals surface area contributed by atoms with E-state index in [-0.39, 0.29) is 22.6 Å². The third kappa shape index (κ3) is 3.96. The van der Waals surface area contributed by atoms with Gasteiger partial charge in [0, 0.05) is 5.02 Å². The van der Waals surface area contributed by atoms with Crippen LogP contribution in [0, 0.1) is 0 Å². The van der Waals surface area contributed by atoms with E-state index in [0.29, 0.717) is 10.8 Å². The summed E-state index contributed by atoms with van der Waals surface area (Å²) in [5.74, 6) is 0.0396. The number of carbonyl (C=O) groups excluding carboxylic acids is 1. The highest BCUT2D eigenvalue weighted by molar-refractivity contribution is 6.38. The van der Waals surface area contributed by atoms with Gasteiger partial charge in [0.25, 0.3) is 5.91 Å². The molecular formula is C12H8Cl3N3O2. The summed E-state index contributed by atoms with van der Waals surface area (Å²) in [6, 6.07) is 6.70. The molecule has 0 spiro atoms. The number of carbonyl (C=O) groups is 1. The van der Waals surface area contributed by atoms with Crippen molar-refractivity contribution in [2.75, 3.05) is 11.9 Å². The van der Waals surface area contributed by atoms with E-state index >= 15 is 0 Å². The molecule has 0 aliphatic rings. The van der Waals surface area contributed by atoms with Gasteiger partial charge in [0.2, 0.25) is 0 Å². The topological polar surface area (TPSA) is 64.1 Å². The third-order valence-corrected chi connectivity index (χ3v) is 2.99. The molecule has 104 valence electrons. The SMILES string of the molecule is O=C(COc1cccc(Cl)c1)Nc1c(Cl)ncnc1Cl. The smallest absolute Gasteiger partial charge is 0.262 e. The lowest BCUT2D eigenvalue weighted by Gasteiger charge is -2.09. The normalized spacial score (nSPS) is 10.2. The fourth-order valence-electron chi connectivity index (χ4n) is 1.33. The van der Waals surface area contributed by atoms with Crippen molar-refractivity contribution in [1.82, 2.24) is 9.97 Å². The second-order valence-electron chi connectivity index (χ2n) is 3.62. The Morgan fingerprint density at radius 3 is 2.55 bits per heavy atom. The van der Waals surface area contributed by atoms with Crippen LogP contribution in [0.2, 0.25) is 15.3 Å². The van der Waals surface area contributed by atoms with Crippen LogP contribution < -0.4 is 10.1 Å². The highest BCUT2D eigenvalue weighted by atomic mass is 35.5. The summed E-state index contributed by atoms with van der Waals surface area (Å²) < 4.78 is 5.28. The number of hydrogen-bond donors (Lipinski definition) is 1. The molecule has 8 heteroatoms. The Bertz CT molecular complexity index is 617. The molecular weight excluding hydrogens is 325 g/mol. The predicted octanol–water partition coefficient (Wildman–Crippen LogP) is 3.45. The number of anilines is 1. The van der Waals surface area contributed by atoms with E-state index < -0.39 is 5.91 Å². The molecule has 2 rings (SSSR count). The fourth-order valence-corrected chi connectivity index (χ4v) is 1.92. The molecule has 1 aromatic heterocycles. The molecule has 0 aliphatic carbocycles. The molecule has 1 aromatic carbocycles. The van der Waals surface area contributed by atoms with E-state index in [1.54, 1.807) is 24.3 Å². The zero-order chi connectivity index (χ0) is 14.5. The maximum absolute atomic E-state index is 11.7. The molecule has 0 saturated carbocycles. The van der Waals surface area contributed by atoms with E-state index in [0.717, 1.165) is 0 Å². The lowest BCUT2D eigenvalue weighted by atomic mass is 10.3. The van der Waals surface area contributed by atoms with Gasteiger partial charge in [0.15, 0.2) is 16.9 Å². The summed E-state index contributed by atoms with van der Waals surface area (Å²) in [5.41, 5.74) is 0.149. The minimum absolute atomic E-state index is 0.0566. The summed E-state index contributed by atoms with van der Waals surface area (Å²) in [6.07, 6.45) is 1.20. The van der Waals surface area contributed by atoms with Gasteiger partial charge < -0.3 is 10.1 Å². The standard InChI is InChI=1S/C12H8Cl3N3O2/c13-7-2-1-3-8(4-7)20-5-9(19)18-10-11(14)16-6-17-12(10)15/h1-4,6H,5H2,(H,18,19). The summed E-state index contributed by atoms with van der Waals surface area (Å²) in [5, 5.41) is 3.11. The minimum atomic E-state index is -0.441. The number of rotatable bonds is 4. The second-order valence-corrected chi connectivity index (χ2v) is 4.78. The van der Waals surface area contributed by atoms with Gasteiger partial charge in [0.05, 0.1) is 0 Å². The number of nitrogens with zero attached hydrogens (tertiary/aromatic N) is 2. The van der Waals surface area contributed by atoms with E-state index in [4.69, 9.17) is 39.5 Å². The molecule has 1 N–H and O–H groups in total. The van der Waals surface area contributed by atoms with Crippen molar-refractivity contribution in [2.24, 2.45) is 0 Å². The first-order valence-corrected chi connectivity index (χ1v) is 6.54. The molecule has 0 bridgehead atoms. The van der Waals surface area contributed by atoms with Crippen molar-refractivity contribution >= 4 is 46.4 Å². The zero-order valence-electron chi connectivity index (χ0n) is 9.94. The van der Waals surface area contributed by atoms with Gasteiger partial charge in [-0.05, 0) is 18.2 Å². The molecule has 0 atom stereocenters. The Hall–Kier alpha value is -1.56. The number of amides is 1. The number of aromatic nitrogens is 2. The first-order chi connectivity index (χ1) is 9.56. The van der Waals surface area contributed by atoms with E-state index in [9.17, 15) is 4.79 Å². The third-order valence-electron chi connectivity index (χ3n) is 2.19. The van der Waals surface area contributed by atoms with Gasteiger partial charge >= 0.3 is 0 Å². The molecule has 0 radical (unpaired) electrons. The summed E-state index contributed by atoms with van der Waals surface area (Å²) in [4.78, 5) is 19.2. The van der Waals surface area contributed by atoms with Crippen molar-refractivity contribution in [1.29, 1.82) is 0 Å². The lowest BCUT2D eigenvalue weighted by Crippen LogP contribution is -2.21. The van der Waals surface area contributed by atoms with Crippen LogP contribution in [0.3, 0.4) is 0 Å². The van der Waals surface area contributed by atoms with Crippen LogP contribution in [-0.2, 0) is 4.79 Å². The van der Waals surface area contributed by atoms with Crippen LogP contribution in [0.5, 0.6) is 5.75 Å². The first kappa shape index (κ1) is 14.8. The number of hydrogen-bond acceptors (Lipinski definition) is 4. The monoisotopic (exact) mass is 331 g/mol. The largest absolute Gasteiger partial charge is 0.484 e. The highest BCUT2D eigenvalue weighted by Crippen LogP contribution is 2.25. The van der Waals surface area contributed by atoms with E-state index in [2.05, 4.69) is 15.3 Å².